The van der Waals surface area contributed by atoms with Crippen molar-refractivity contribution in [3.63, 3.8) is 0 Å². The van der Waals surface area contributed by atoms with Gasteiger partial charge in [-0.15, -0.1) is 11.8 Å². The monoisotopic (exact) mass is 439 g/mol. The third kappa shape index (κ3) is 3.29. The molecule has 112 valence electrons. The van der Waals surface area contributed by atoms with Crippen LogP contribution in [0.4, 0.5) is 5.69 Å². The third-order valence-electron chi connectivity index (χ3n) is 3.28. The molecule has 0 N–H and O–H groups in total. The van der Waals surface area contributed by atoms with Crippen molar-refractivity contribution < 1.29 is 9.59 Å². The molecule has 22 heavy (non-hydrogen) atoms. The maximum absolute atomic E-state index is 12.5. The molecule has 0 bridgehead atoms. The first-order valence-electron chi connectivity index (χ1n) is 6.59. The van der Waals surface area contributed by atoms with Crippen LogP contribution >= 0.6 is 43.6 Å². The fraction of sp³-hybridized carbons (Fsp3) is 0.125. The average Bonchev–Trinajstić information content (AvgIpc) is 2.77. The van der Waals surface area contributed by atoms with E-state index in [0.717, 1.165) is 13.8 Å². The summed E-state index contributed by atoms with van der Waals surface area (Å²) in [7, 11) is 0. The van der Waals surface area contributed by atoms with Crippen LogP contribution in [0.25, 0.3) is 0 Å². The second-order valence-electron chi connectivity index (χ2n) is 4.81. The molecule has 6 heteroatoms. The topological polar surface area (TPSA) is 37.4 Å². The first-order chi connectivity index (χ1) is 10.5. The van der Waals surface area contributed by atoms with Gasteiger partial charge in [-0.05, 0) is 48.5 Å². The number of nitrogens with zero attached hydrogens (tertiary/aromatic N) is 1. The zero-order valence-corrected chi connectivity index (χ0v) is 15.3. The smallest absolute Gasteiger partial charge is 0.247 e. The number of anilines is 1. The van der Waals surface area contributed by atoms with Gasteiger partial charge in [-0.3, -0.25) is 9.59 Å². The lowest BCUT2D eigenvalue weighted by molar-refractivity contribution is -0.121. The Balaban J connectivity index is 1.79. The van der Waals surface area contributed by atoms with Gasteiger partial charge >= 0.3 is 0 Å². The van der Waals surface area contributed by atoms with E-state index in [1.54, 1.807) is 12.1 Å². The lowest BCUT2D eigenvalue weighted by atomic mass is 10.3. The number of amides is 2. The molecule has 1 aliphatic rings. The Labute approximate surface area is 149 Å². The molecule has 1 aliphatic heterocycles. The maximum atomic E-state index is 12.5. The van der Waals surface area contributed by atoms with E-state index in [9.17, 15) is 9.59 Å². The van der Waals surface area contributed by atoms with Gasteiger partial charge in [-0.1, -0.05) is 31.9 Å². The number of thioether (sulfide) groups is 1. The van der Waals surface area contributed by atoms with Crippen molar-refractivity contribution in [3.05, 3.63) is 57.5 Å². The van der Waals surface area contributed by atoms with E-state index < -0.39 is 0 Å². The molecule has 0 aliphatic carbocycles. The SMILES string of the molecule is O=C1CC(Sc2ccc(Br)cc2)C(=O)N1c1ccc(Br)cc1. The molecule has 0 aromatic heterocycles. The Hall–Kier alpha value is -1.11. The van der Waals surface area contributed by atoms with Crippen LogP contribution in [0.15, 0.2) is 62.4 Å². The number of carbonyl (C=O) groups is 2. The molecular formula is C16H11Br2NO2S. The van der Waals surface area contributed by atoms with Gasteiger partial charge in [0.2, 0.25) is 11.8 Å². The van der Waals surface area contributed by atoms with Crippen LogP contribution in [-0.4, -0.2) is 17.1 Å². The lowest BCUT2D eigenvalue weighted by Crippen LogP contribution is -2.31. The molecule has 2 aromatic rings. The molecule has 0 radical (unpaired) electrons. The summed E-state index contributed by atoms with van der Waals surface area (Å²) >= 11 is 8.16. The van der Waals surface area contributed by atoms with Gasteiger partial charge in [0.25, 0.3) is 0 Å². The van der Waals surface area contributed by atoms with Gasteiger partial charge in [0.1, 0.15) is 0 Å². The van der Waals surface area contributed by atoms with Gasteiger partial charge in [-0.2, -0.15) is 0 Å². The van der Waals surface area contributed by atoms with E-state index >= 15 is 0 Å². The van der Waals surface area contributed by atoms with Crippen LogP contribution < -0.4 is 4.90 Å². The minimum Gasteiger partial charge on any atom is -0.274 e. The lowest BCUT2D eigenvalue weighted by Gasteiger charge is -2.15. The Bertz CT molecular complexity index is 716. The summed E-state index contributed by atoms with van der Waals surface area (Å²) in [4.78, 5) is 27.0. The normalized spacial score (nSPS) is 18.1. The van der Waals surface area contributed by atoms with Gasteiger partial charge < -0.3 is 0 Å². The van der Waals surface area contributed by atoms with Crippen LogP contribution in [0.5, 0.6) is 0 Å². The van der Waals surface area contributed by atoms with E-state index in [1.807, 2.05) is 36.4 Å². The minimum absolute atomic E-state index is 0.151. The summed E-state index contributed by atoms with van der Waals surface area (Å²) in [5, 5.41) is -0.364. The van der Waals surface area contributed by atoms with Crippen LogP contribution in [0.1, 0.15) is 6.42 Å². The second kappa shape index (κ2) is 6.56. The summed E-state index contributed by atoms with van der Waals surface area (Å²) in [5.74, 6) is -0.304. The molecule has 1 unspecified atom stereocenters. The van der Waals surface area contributed by atoms with Crippen molar-refractivity contribution in [1.29, 1.82) is 0 Å². The van der Waals surface area contributed by atoms with Crippen molar-refractivity contribution in [2.75, 3.05) is 4.90 Å². The molecule has 3 nitrogen and oxygen atoms in total. The molecule has 2 aromatic carbocycles. The first kappa shape index (κ1) is 15.8. The predicted octanol–water partition coefficient (Wildman–Crippen LogP) is 4.64. The minimum atomic E-state index is -0.364. The molecule has 3 rings (SSSR count). The quantitative estimate of drug-likeness (QED) is 0.652. The number of imide groups is 1. The van der Waals surface area contributed by atoms with Gasteiger partial charge in [0.05, 0.1) is 10.9 Å². The second-order valence-corrected chi connectivity index (χ2v) is 7.92. The molecule has 1 fully saturated rings. The molecule has 0 spiro atoms. The third-order valence-corrected chi connectivity index (χ3v) is 5.54. The van der Waals surface area contributed by atoms with Gasteiger partial charge in [0, 0.05) is 20.3 Å². The van der Waals surface area contributed by atoms with E-state index in [2.05, 4.69) is 31.9 Å². The van der Waals surface area contributed by atoms with Crippen LogP contribution in [0.2, 0.25) is 0 Å². The van der Waals surface area contributed by atoms with E-state index in [4.69, 9.17) is 0 Å². The van der Waals surface area contributed by atoms with Crippen molar-refractivity contribution in [2.45, 2.75) is 16.6 Å². The highest BCUT2D eigenvalue weighted by Gasteiger charge is 2.40. The Kier molecular flexibility index (Phi) is 4.70. The average molecular weight is 441 g/mol. The Morgan fingerprint density at radius 2 is 1.45 bits per heavy atom. The Morgan fingerprint density at radius 3 is 2.05 bits per heavy atom. The maximum Gasteiger partial charge on any atom is 0.247 e. The highest BCUT2D eigenvalue weighted by molar-refractivity contribution is 9.10. The highest BCUT2D eigenvalue weighted by Crippen LogP contribution is 2.34. The van der Waals surface area contributed by atoms with Crippen LogP contribution in [-0.2, 0) is 9.59 Å². The molecule has 2 amide bonds. The Morgan fingerprint density at radius 1 is 0.909 bits per heavy atom. The summed E-state index contributed by atoms with van der Waals surface area (Å²) < 4.78 is 1.90. The van der Waals surface area contributed by atoms with Crippen molar-refractivity contribution >= 4 is 61.1 Å². The largest absolute Gasteiger partial charge is 0.274 e. The van der Waals surface area contributed by atoms with E-state index in [-0.39, 0.29) is 23.5 Å². The van der Waals surface area contributed by atoms with Crippen molar-refractivity contribution in [1.82, 2.24) is 0 Å². The fourth-order valence-electron chi connectivity index (χ4n) is 2.23. The molecule has 1 saturated heterocycles. The number of benzene rings is 2. The predicted molar refractivity (Wildman–Crippen MR) is 95.0 cm³/mol. The van der Waals surface area contributed by atoms with E-state index in [1.165, 1.54) is 16.7 Å². The van der Waals surface area contributed by atoms with Crippen molar-refractivity contribution in [3.8, 4) is 0 Å². The molecule has 0 saturated carbocycles. The molecule has 1 atom stereocenters. The highest BCUT2D eigenvalue weighted by atomic mass is 79.9. The zero-order chi connectivity index (χ0) is 15.7. The summed E-state index contributed by atoms with van der Waals surface area (Å²) in [6.07, 6.45) is 0.232. The molecular weight excluding hydrogens is 430 g/mol. The summed E-state index contributed by atoms with van der Waals surface area (Å²) in [6.45, 7) is 0. The molecule has 1 heterocycles. The first-order valence-corrected chi connectivity index (χ1v) is 9.06. The number of hydrogen-bond acceptors (Lipinski definition) is 3. The van der Waals surface area contributed by atoms with Gasteiger partial charge in [0.15, 0.2) is 0 Å². The number of halogens is 2. The number of carbonyl (C=O) groups excluding carboxylic acids is 2. The summed E-state index contributed by atoms with van der Waals surface area (Å²) in [5.41, 5.74) is 0.622. The standard InChI is InChI=1S/C16H11Br2NO2S/c17-10-1-5-12(6-2-10)19-15(20)9-14(16(19)21)22-13-7-3-11(18)4-8-13/h1-8,14H,9H2. The zero-order valence-electron chi connectivity index (χ0n) is 11.3. The summed E-state index contributed by atoms with van der Waals surface area (Å²) in [6, 6.07) is 14.9. The van der Waals surface area contributed by atoms with Crippen molar-refractivity contribution in [2.24, 2.45) is 0 Å². The van der Waals surface area contributed by atoms with Crippen LogP contribution in [0, 0.1) is 0 Å². The number of hydrogen-bond donors (Lipinski definition) is 0. The number of rotatable bonds is 3. The fourth-order valence-corrected chi connectivity index (χ4v) is 3.82. The van der Waals surface area contributed by atoms with Gasteiger partial charge in [-0.25, -0.2) is 4.90 Å². The van der Waals surface area contributed by atoms with E-state index in [0.29, 0.717) is 5.69 Å². The van der Waals surface area contributed by atoms with Crippen LogP contribution in [0.3, 0.4) is 0 Å².